The van der Waals surface area contributed by atoms with Crippen LogP contribution in [-0.4, -0.2) is 35.1 Å². The highest BCUT2D eigenvalue weighted by Gasteiger charge is 2.34. The van der Waals surface area contributed by atoms with E-state index in [-0.39, 0.29) is 30.9 Å². The predicted molar refractivity (Wildman–Crippen MR) is 71.5 cm³/mol. The van der Waals surface area contributed by atoms with Crippen molar-refractivity contribution >= 4 is 5.91 Å². The van der Waals surface area contributed by atoms with Gasteiger partial charge in [0.05, 0.1) is 24.6 Å². The Kier molecular flexibility index (Phi) is 4.56. The maximum atomic E-state index is 12.6. The van der Waals surface area contributed by atoms with Crippen LogP contribution in [-0.2, 0) is 17.4 Å². The zero-order valence-electron chi connectivity index (χ0n) is 11.7. The van der Waals surface area contributed by atoms with Crippen LogP contribution in [0.25, 0.3) is 0 Å². The molecule has 1 saturated heterocycles. The number of halogens is 3. The average molecular weight is 301 g/mol. The van der Waals surface area contributed by atoms with E-state index in [0.29, 0.717) is 12.1 Å². The summed E-state index contributed by atoms with van der Waals surface area (Å²) in [5.74, 6) is -0.0295. The molecule has 0 radical (unpaired) electrons. The molecule has 1 heterocycles. The van der Waals surface area contributed by atoms with Crippen molar-refractivity contribution in [1.29, 1.82) is 0 Å². The normalized spacial score (nSPS) is 22.6. The summed E-state index contributed by atoms with van der Waals surface area (Å²) in [5.41, 5.74) is -0.410. The highest BCUT2D eigenvalue weighted by molar-refractivity contribution is 5.79. The number of hydrogen-bond acceptors (Lipinski definition) is 2. The Balaban J connectivity index is 2.10. The summed E-state index contributed by atoms with van der Waals surface area (Å²) in [5, 5.41) is 9.33. The monoisotopic (exact) mass is 301 g/mol. The molecule has 1 aliphatic heterocycles. The molecular weight excluding hydrogens is 283 g/mol. The predicted octanol–water partition coefficient (Wildman–Crippen LogP) is 2.48. The molecule has 2 unspecified atom stereocenters. The third-order valence-electron chi connectivity index (χ3n) is 4.00. The van der Waals surface area contributed by atoms with Crippen molar-refractivity contribution in [2.45, 2.75) is 32.0 Å². The summed E-state index contributed by atoms with van der Waals surface area (Å²) in [6.07, 6.45) is -3.68. The highest BCUT2D eigenvalue weighted by atomic mass is 19.4. The van der Waals surface area contributed by atoms with E-state index in [0.717, 1.165) is 18.6 Å². The fourth-order valence-electron chi connectivity index (χ4n) is 2.73. The number of amides is 1. The van der Waals surface area contributed by atoms with E-state index in [2.05, 4.69) is 0 Å². The summed E-state index contributed by atoms with van der Waals surface area (Å²) in [6.45, 7) is 2.39. The van der Waals surface area contributed by atoms with Crippen molar-refractivity contribution in [3.63, 3.8) is 0 Å². The summed E-state index contributed by atoms with van der Waals surface area (Å²) in [4.78, 5) is 13.8. The average Bonchev–Trinajstić information content (AvgIpc) is 2.79. The molecule has 6 heteroatoms. The second kappa shape index (κ2) is 6.05. The van der Waals surface area contributed by atoms with Crippen LogP contribution in [0.5, 0.6) is 0 Å². The summed E-state index contributed by atoms with van der Waals surface area (Å²) < 4.78 is 37.9. The van der Waals surface area contributed by atoms with Gasteiger partial charge in [-0.15, -0.1) is 0 Å². The highest BCUT2D eigenvalue weighted by Crippen LogP contribution is 2.30. The van der Waals surface area contributed by atoms with Gasteiger partial charge in [0.15, 0.2) is 0 Å². The van der Waals surface area contributed by atoms with E-state index in [1.807, 2.05) is 6.92 Å². The third kappa shape index (κ3) is 3.56. The molecule has 0 bridgehead atoms. The second-order valence-electron chi connectivity index (χ2n) is 5.48. The number of carbonyl (C=O) groups excluding carboxylic acids is 1. The number of carbonyl (C=O) groups is 1. The molecule has 1 aromatic carbocycles. The summed E-state index contributed by atoms with van der Waals surface area (Å²) >= 11 is 0. The van der Waals surface area contributed by atoms with Gasteiger partial charge in [0, 0.05) is 6.54 Å². The number of likely N-dealkylation sites (tertiary alicyclic amines) is 1. The minimum absolute atomic E-state index is 0.0762. The van der Waals surface area contributed by atoms with Crippen molar-refractivity contribution in [3.8, 4) is 0 Å². The largest absolute Gasteiger partial charge is 0.416 e. The third-order valence-corrected chi connectivity index (χ3v) is 4.00. The fourth-order valence-corrected chi connectivity index (χ4v) is 2.73. The van der Waals surface area contributed by atoms with E-state index in [1.54, 1.807) is 4.90 Å². The van der Waals surface area contributed by atoms with Crippen LogP contribution >= 0.6 is 0 Å². The van der Waals surface area contributed by atoms with Gasteiger partial charge in [0.2, 0.25) is 5.91 Å². The van der Waals surface area contributed by atoms with Gasteiger partial charge in [-0.25, -0.2) is 0 Å². The second-order valence-corrected chi connectivity index (χ2v) is 5.48. The van der Waals surface area contributed by atoms with Crippen molar-refractivity contribution in [2.24, 2.45) is 5.92 Å². The maximum Gasteiger partial charge on any atom is 0.416 e. The van der Waals surface area contributed by atoms with E-state index in [4.69, 9.17) is 0 Å². The van der Waals surface area contributed by atoms with Crippen LogP contribution in [0.2, 0.25) is 0 Å². The van der Waals surface area contributed by atoms with Crippen LogP contribution in [0.1, 0.15) is 24.5 Å². The van der Waals surface area contributed by atoms with E-state index in [9.17, 15) is 23.1 Å². The van der Waals surface area contributed by atoms with Gasteiger partial charge in [-0.3, -0.25) is 4.79 Å². The number of hydrogen-bond donors (Lipinski definition) is 1. The molecule has 0 saturated carbocycles. The lowest BCUT2D eigenvalue weighted by molar-refractivity contribution is -0.138. The molecule has 0 aliphatic carbocycles. The molecule has 1 fully saturated rings. The SMILES string of the molecule is CC1CCN(C(=O)Cc2cccc(C(F)(F)F)c2)C1CO. The molecule has 0 aromatic heterocycles. The van der Waals surface area contributed by atoms with Crippen LogP contribution in [0.4, 0.5) is 13.2 Å². The van der Waals surface area contributed by atoms with Gasteiger partial charge >= 0.3 is 6.18 Å². The minimum Gasteiger partial charge on any atom is -0.394 e. The van der Waals surface area contributed by atoms with E-state index < -0.39 is 11.7 Å². The topological polar surface area (TPSA) is 40.5 Å². The zero-order valence-corrected chi connectivity index (χ0v) is 11.7. The Hall–Kier alpha value is -1.56. The van der Waals surface area contributed by atoms with Gasteiger partial charge in [-0.05, 0) is 24.0 Å². The zero-order chi connectivity index (χ0) is 15.6. The van der Waals surface area contributed by atoms with Crippen molar-refractivity contribution in [2.75, 3.05) is 13.2 Å². The first-order chi connectivity index (χ1) is 9.82. The van der Waals surface area contributed by atoms with Crippen LogP contribution < -0.4 is 0 Å². The molecule has 116 valence electrons. The first-order valence-electron chi connectivity index (χ1n) is 6.89. The summed E-state index contributed by atoms with van der Waals surface area (Å²) in [6, 6.07) is 4.58. The Bertz CT molecular complexity index is 516. The maximum absolute atomic E-state index is 12.6. The lowest BCUT2D eigenvalue weighted by atomic mass is 10.0. The molecule has 1 aromatic rings. The Morgan fingerprint density at radius 3 is 2.76 bits per heavy atom. The molecule has 3 nitrogen and oxygen atoms in total. The molecule has 2 atom stereocenters. The van der Waals surface area contributed by atoms with Gasteiger partial charge in [-0.2, -0.15) is 13.2 Å². The molecule has 1 aliphatic rings. The van der Waals surface area contributed by atoms with Crippen molar-refractivity contribution < 1.29 is 23.1 Å². The number of benzene rings is 1. The smallest absolute Gasteiger partial charge is 0.394 e. The van der Waals surface area contributed by atoms with Crippen LogP contribution in [0.3, 0.4) is 0 Å². The molecule has 0 spiro atoms. The van der Waals surface area contributed by atoms with Gasteiger partial charge in [0.1, 0.15) is 0 Å². The van der Waals surface area contributed by atoms with E-state index in [1.165, 1.54) is 12.1 Å². The molecule has 21 heavy (non-hydrogen) atoms. The lowest BCUT2D eigenvalue weighted by Gasteiger charge is -2.25. The Labute approximate surface area is 121 Å². The van der Waals surface area contributed by atoms with Gasteiger partial charge in [-0.1, -0.05) is 25.1 Å². The fraction of sp³-hybridized carbons (Fsp3) is 0.533. The lowest BCUT2D eigenvalue weighted by Crippen LogP contribution is -2.40. The first kappa shape index (κ1) is 15.8. The van der Waals surface area contributed by atoms with Crippen molar-refractivity contribution in [1.82, 2.24) is 4.90 Å². The van der Waals surface area contributed by atoms with Gasteiger partial charge < -0.3 is 10.0 Å². The van der Waals surface area contributed by atoms with Crippen LogP contribution in [0.15, 0.2) is 24.3 Å². The molecule has 1 N–H and O–H groups in total. The Morgan fingerprint density at radius 1 is 1.43 bits per heavy atom. The first-order valence-corrected chi connectivity index (χ1v) is 6.89. The minimum atomic E-state index is -4.41. The quantitative estimate of drug-likeness (QED) is 0.932. The van der Waals surface area contributed by atoms with Crippen molar-refractivity contribution in [3.05, 3.63) is 35.4 Å². The number of aliphatic hydroxyl groups excluding tert-OH is 1. The summed E-state index contributed by atoms with van der Waals surface area (Å²) in [7, 11) is 0. The molecule has 2 rings (SSSR count). The van der Waals surface area contributed by atoms with Crippen LogP contribution in [0, 0.1) is 5.92 Å². The van der Waals surface area contributed by atoms with E-state index >= 15 is 0 Å². The molecular formula is C15H18F3NO2. The molecule has 1 amide bonds. The number of aliphatic hydroxyl groups is 1. The number of nitrogens with zero attached hydrogens (tertiary/aromatic N) is 1. The van der Waals surface area contributed by atoms with Gasteiger partial charge in [0.25, 0.3) is 0 Å². The number of rotatable bonds is 3. The standard InChI is InChI=1S/C15H18F3NO2/c1-10-5-6-19(13(10)9-20)14(21)8-11-3-2-4-12(7-11)15(16,17)18/h2-4,7,10,13,20H,5-6,8-9H2,1H3. The number of alkyl halides is 3. The Morgan fingerprint density at radius 2 is 2.14 bits per heavy atom.